The van der Waals surface area contributed by atoms with Crippen LogP contribution in [0.2, 0.25) is 0 Å². The lowest BCUT2D eigenvalue weighted by Gasteiger charge is -1.89. The van der Waals surface area contributed by atoms with E-state index in [0.29, 0.717) is 0 Å². The Hall–Kier alpha value is -1.63. The predicted octanol–water partition coefficient (Wildman–Crippen LogP) is 3.24. The minimum absolute atomic E-state index is 1.06. The van der Waals surface area contributed by atoms with Crippen LogP contribution in [0.3, 0.4) is 0 Å². The molecule has 0 amide bonds. The fourth-order valence-corrected chi connectivity index (χ4v) is 1.36. The topological polar surface area (TPSA) is 3.88 Å². The molecule has 0 spiro atoms. The minimum Gasteiger partial charge on any atom is -0.205 e. The van der Waals surface area contributed by atoms with E-state index in [1.165, 1.54) is 5.56 Å². The third kappa shape index (κ3) is 4.74. The number of aromatic nitrogens is 1. The molecule has 1 nitrogen and oxygen atoms in total. The third-order valence-corrected chi connectivity index (χ3v) is 2.39. The predicted molar refractivity (Wildman–Crippen MR) is 68.1 cm³/mol. The second-order valence-corrected chi connectivity index (χ2v) is 3.55. The Labute approximate surface area is 98.4 Å². The highest BCUT2D eigenvalue weighted by atomic mass is 14.9. The van der Waals surface area contributed by atoms with Gasteiger partial charge >= 0.3 is 0 Å². The molecule has 2 aromatic rings. The number of pyridine rings is 1. The Balaban J connectivity index is 0.000000160. The maximum absolute atomic E-state index is 2.16. The van der Waals surface area contributed by atoms with Gasteiger partial charge in [0.25, 0.3) is 0 Å². The molecule has 0 aliphatic heterocycles. The maximum atomic E-state index is 2.16. The van der Waals surface area contributed by atoms with Crippen LogP contribution in [0.1, 0.15) is 19.4 Å². The van der Waals surface area contributed by atoms with Crippen LogP contribution in [0.25, 0.3) is 0 Å². The molecule has 0 saturated carbocycles. The molecular weight excluding hydrogens is 194 g/mol. The van der Waals surface area contributed by atoms with Crippen molar-refractivity contribution < 1.29 is 4.57 Å². The molecule has 1 heterocycles. The van der Waals surface area contributed by atoms with Crippen LogP contribution in [0.4, 0.5) is 0 Å². The van der Waals surface area contributed by atoms with Crippen molar-refractivity contribution in [2.24, 2.45) is 0 Å². The average molecular weight is 214 g/mol. The van der Waals surface area contributed by atoms with Crippen molar-refractivity contribution in [2.75, 3.05) is 0 Å². The van der Waals surface area contributed by atoms with E-state index >= 15 is 0 Å². The van der Waals surface area contributed by atoms with Gasteiger partial charge in [0.1, 0.15) is 6.54 Å². The van der Waals surface area contributed by atoms with Crippen molar-refractivity contribution in [1.82, 2.24) is 0 Å². The Morgan fingerprint density at radius 1 is 0.812 bits per heavy atom. The molecule has 16 heavy (non-hydrogen) atoms. The summed E-state index contributed by atoms with van der Waals surface area (Å²) in [5.74, 6) is 0. The molecule has 0 fully saturated rings. The number of nitrogens with zero attached hydrogens (tertiary/aromatic N) is 1. The summed E-state index contributed by atoms with van der Waals surface area (Å²) in [6.45, 7) is 5.34. The monoisotopic (exact) mass is 214 g/mol. The van der Waals surface area contributed by atoms with Crippen LogP contribution >= 0.6 is 0 Å². The summed E-state index contributed by atoms with van der Waals surface area (Å²) in [5, 5.41) is 0. The zero-order chi connectivity index (χ0) is 11.6. The highest BCUT2D eigenvalue weighted by Crippen LogP contribution is 1.96. The third-order valence-electron chi connectivity index (χ3n) is 2.39. The van der Waals surface area contributed by atoms with Crippen LogP contribution in [-0.2, 0) is 13.0 Å². The second-order valence-electron chi connectivity index (χ2n) is 3.55. The van der Waals surface area contributed by atoms with E-state index in [1.54, 1.807) is 0 Å². The smallest absolute Gasteiger partial charge is 0.168 e. The summed E-state index contributed by atoms with van der Waals surface area (Å²) in [6, 6.07) is 16.5. The van der Waals surface area contributed by atoms with Gasteiger partial charge in [-0.2, -0.15) is 0 Å². The lowest BCUT2D eigenvalue weighted by molar-refractivity contribution is -0.693. The van der Waals surface area contributed by atoms with Crippen LogP contribution < -0.4 is 4.57 Å². The molecule has 1 aromatic carbocycles. The van der Waals surface area contributed by atoms with Gasteiger partial charge in [0.2, 0.25) is 0 Å². The fraction of sp³-hybridized carbons (Fsp3) is 0.267. The van der Waals surface area contributed by atoms with Gasteiger partial charge in [-0.1, -0.05) is 43.3 Å². The van der Waals surface area contributed by atoms with E-state index in [-0.39, 0.29) is 0 Å². The van der Waals surface area contributed by atoms with E-state index in [9.17, 15) is 0 Å². The van der Waals surface area contributed by atoms with Gasteiger partial charge in [-0.15, -0.1) is 0 Å². The summed E-state index contributed by atoms with van der Waals surface area (Å²) < 4.78 is 2.12. The molecule has 1 heteroatoms. The first-order chi connectivity index (χ1) is 7.86. The molecular formula is C15H20N+. The largest absolute Gasteiger partial charge is 0.205 e. The standard InChI is InChI=1S/C8H10.C7H10N/c2*1-2-8-6-4-3-5-7-8/h2*3-7H,2H2,1H3/q;+1. The summed E-state index contributed by atoms with van der Waals surface area (Å²) in [7, 11) is 0. The van der Waals surface area contributed by atoms with Crippen molar-refractivity contribution in [1.29, 1.82) is 0 Å². The van der Waals surface area contributed by atoms with Crippen molar-refractivity contribution in [3.63, 3.8) is 0 Å². The molecule has 0 radical (unpaired) electrons. The molecule has 0 atom stereocenters. The Morgan fingerprint density at radius 3 is 1.75 bits per heavy atom. The van der Waals surface area contributed by atoms with E-state index in [4.69, 9.17) is 0 Å². The van der Waals surface area contributed by atoms with Crippen LogP contribution in [0, 0.1) is 0 Å². The zero-order valence-corrected chi connectivity index (χ0v) is 10.1. The summed E-state index contributed by atoms with van der Waals surface area (Å²) in [6.07, 6.45) is 5.25. The fourth-order valence-electron chi connectivity index (χ4n) is 1.36. The molecule has 0 unspecified atom stereocenters. The number of benzene rings is 1. The van der Waals surface area contributed by atoms with Gasteiger partial charge in [-0.3, -0.25) is 0 Å². The van der Waals surface area contributed by atoms with E-state index in [2.05, 4.69) is 55.1 Å². The number of hydrogen-bond acceptors (Lipinski definition) is 0. The minimum atomic E-state index is 1.06. The van der Waals surface area contributed by atoms with Gasteiger partial charge in [0, 0.05) is 12.1 Å². The van der Waals surface area contributed by atoms with E-state index < -0.39 is 0 Å². The molecule has 0 saturated heterocycles. The molecule has 0 aliphatic carbocycles. The summed E-state index contributed by atoms with van der Waals surface area (Å²) >= 11 is 0. The lowest BCUT2D eigenvalue weighted by Crippen LogP contribution is -2.30. The van der Waals surface area contributed by atoms with Gasteiger partial charge < -0.3 is 0 Å². The Morgan fingerprint density at radius 2 is 1.38 bits per heavy atom. The Bertz CT molecular complexity index is 328. The number of aryl methyl sites for hydroxylation is 2. The van der Waals surface area contributed by atoms with Crippen molar-refractivity contribution in [3.8, 4) is 0 Å². The SMILES string of the molecule is CC[n+]1ccccc1.CCc1ccccc1. The van der Waals surface area contributed by atoms with Crippen LogP contribution in [-0.4, -0.2) is 0 Å². The van der Waals surface area contributed by atoms with Crippen molar-refractivity contribution >= 4 is 0 Å². The molecule has 0 N–H and O–H groups in total. The average Bonchev–Trinajstić information content (AvgIpc) is 2.41. The second kappa shape index (κ2) is 7.63. The van der Waals surface area contributed by atoms with Gasteiger partial charge in [0.15, 0.2) is 12.4 Å². The quantitative estimate of drug-likeness (QED) is 0.676. The number of rotatable bonds is 2. The highest BCUT2D eigenvalue weighted by Gasteiger charge is 1.86. The molecule has 1 aromatic heterocycles. The first-order valence-corrected chi connectivity index (χ1v) is 5.84. The molecule has 0 bridgehead atoms. The normalized spacial score (nSPS) is 9.12. The van der Waals surface area contributed by atoms with E-state index in [0.717, 1.165) is 13.0 Å². The van der Waals surface area contributed by atoms with Gasteiger partial charge in [-0.25, -0.2) is 4.57 Å². The lowest BCUT2D eigenvalue weighted by atomic mass is 10.2. The van der Waals surface area contributed by atoms with Crippen LogP contribution in [0.15, 0.2) is 60.9 Å². The molecule has 2 rings (SSSR count). The zero-order valence-electron chi connectivity index (χ0n) is 10.1. The molecule has 84 valence electrons. The van der Waals surface area contributed by atoms with Crippen LogP contribution in [0.5, 0.6) is 0 Å². The first kappa shape index (κ1) is 12.4. The number of hydrogen-bond donors (Lipinski definition) is 0. The van der Waals surface area contributed by atoms with Crippen molar-refractivity contribution in [3.05, 3.63) is 66.5 Å². The van der Waals surface area contributed by atoms with Crippen molar-refractivity contribution in [2.45, 2.75) is 26.8 Å². The summed E-state index contributed by atoms with van der Waals surface area (Å²) in [4.78, 5) is 0. The maximum Gasteiger partial charge on any atom is 0.168 e. The van der Waals surface area contributed by atoms with E-state index in [1.807, 2.05) is 24.3 Å². The Kier molecular flexibility index (Phi) is 5.94. The van der Waals surface area contributed by atoms with Gasteiger partial charge in [0.05, 0.1) is 0 Å². The van der Waals surface area contributed by atoms with Gasteiger partial charge in [-0.05, 0) is 18.9 Å². The highest BCUT2D eigenvalue weighted by molar-refractivity contribution is 5.13. The first-order valence-electron chi connectivity index (χ1n) is 5.84. The summed E-state index contributed by atoms with van der Waals surface area (Å²) in [5.41, 5.74) is 1.41. The molecule has 0 aliphatic rings.